The Hall–Kier alpha value is -0.510. The maximum Gasteiger partial charge on any atom is 0.0411 e. The second-order valence-corrected chi connectivity index (χ2v) is 3.73. The molecule has 1 nitrogen and oxygen atoms in total. The monoisotopic (exact) mass is 273 g/mol. The molecule has 0 spiro atoms. The third kappa shape index (κ3) is 2.24. The van der Waals surface area contributed by atoms with Crippen LogP contribution in [0.1, 0.15) is 12.5 Å². The van der Waals surface area contributed by atoms with Crippen LogP contribution in [0.2, 0.25) is 0 Å². The van der Waals surface area contributed by atoms with Gasteiger partial charge in [-0.25, -0.2) is 0 Å². The number of halogens is 1. The normalized spacial score (nSPS) is 10.6. The molecule has 0 heterocycles. The number of nitrogens with one attached hydrogen (secondary N) is 1. The Labute approximate surface area is 87.0 Å². The standard InChI is InChI=1S/C10H12IN/c1-3-4-8-7-9(11)5-6-10(8)12-2/h3-7,12H,1-2H3/b4-3-. The van der Waals surface area contributed by atoms with E-state index in [1.165, 1.54) is 14.8 Å². The Morgan fingerprint density at radius 1 is 1.42 bits per heavy atom. The molecular formula is C10H12IN. The molecule has 0 fully saturated rings. The van der Waals surface area contributed by atoms with Crippen LogP contribution in [0, 0.1) is 3.57 Å². The average molecular weight is 273 g/mol. The summed E-state index contributed by atoms with van der Waals surface area (Å²) in [6.07, 6.45) is 4.15. The minimum atomic E-state index is 1.17. The van der Waals surface area contributed by atoms with Crippen molar-refractivity contribution in [3.05, 3.63) is 33.4 Å². The highest BCUT2D eigenvalue weighted by atomic mass is 127. The zero-order chi connectivity index (χ0) is 8.97. The van der Waals surface area contributed by atoms with E-state index in [1.54, 1.807) is 0 Å². The van der Waals surface area contributed by atoms with Crippen molar-refractivity contribution in [3.8, 4) is 0 Å². The van der Waals surface area contributed by atoms with Crippen LogP contribution in [0.5, 0.6) is 0 Å². The summed E-state index contributed by atoms with van der Waals surface area (Å²) >= 11 is 2.32. The molecule has 12 heavy (non-hydrogen) atoms. The van der Waals surface area contributed by atoms with Gasteiger partial charge in [0.1, 0.15) is 0 Å². The van der Waals surface area contributed by atoms with E-state index in [2.05, 4.69) is 52.2 Å². The van der Waals surface area contributed by atoms with E-state index in [-0.39, 0.29) is 0 Å². The second kappa shape index (κ2) is 4.50. The summed E-state index contributed by atoms with van der Waals surface area (Å²) in [5.41, 5.74) is 2.42. The highest BCUT2D eigenvalue weighted by molar-refractivity contribution is 14.1. The number of benzene rings is 1. The first-order chi connectivity index (χ1) is 5.77. The Bertz CT molecular complexity index is 292. The van der Waals surface area contributed by atoms with Gasteiger partial charge in [-0.3, -0.25) is 0 Å². The molecule has 2 heteroatoms. The second-order valence-electron chi connectivity index (χ2n) is 2.48. The fraction of sp³-hybridized carbons (Fsp3) is 0.200. The van der Waals surface area contributed by atoms with E-state index in [0.717, 1.165) is 0 Å². The fourth-order valence-corrected chi connectivity index (χ4v) is 1.59. The number of hydrogen-bond donors (Lipinski definition) is 1. The Morgan fingerprint density at radius 2 is 2.17 bits per heavy atom. The number of hydrogen-bond acceptors (Lipinski definition) is 1. The van der Waals surface area contributed by atoms with Gasteiger partial charge in [0.05, 0.1) is 0 Å². The molecule has 0 radical (unpaired) electrons. The van der Waals surface area contributed by atoms with Crippen LogP contribution in [0.15, 0.2) is 24.3 Å². The molecule has 1 rings (SSSR count). The minimum absolute atomic E-state index is 1.17. The third-order valence-electron chi connectivity index (χ3n) is 1.63. The SMILES string of the molecule is C/C=C\c1cc(I)ccc1NC. The predicted octanol–water partition coefficient (Wildman–Crippen LogP) is 3.37. The van der Waals surface area contributed by atoms with Gasteiger partial charge in [0.15, 0.2) is 0 Å². The zero-order valence-corrected chi connectivity index (χ0v) is 9.42. The summed E-state index contributed by atoms with van der Waals surface area (Å²) < 4.78 is 1.26. The lowest BCUT2D eigenvalue weighted by Gasteiger charge is -2.04. The van der Waals surface area contributed by atoms with Gasteiger partial charge in [-0.15, -0.1) is 0 Å². The van der Waals surface area contributed by atoms with Crippen LogP contribution >= 0.6 is 22.6 Å². The summed E-state index contributed by atoms with van der Waals surface area (Å²) in [5.74, 6) is 0. The van der Waals surface area contributed by atoms with Gasteiger partial charge in [-0.1, -0.05) is 12.2 Å². The molecular weight excluding hydrogens is 261 g/mol. The predicted molar refractivity (Wildman–Crippen MR) is 63.4 cm³/mol. The quantitative estimate of drug-likeness (QED) is 0.815. The van der Waals surface area contributed by atoms with Crippen LogP contribution in [-0.4, -0.2) is 7.05 Å². The van der Waals surface area contributed by atoms with Gasteiger partial charge < -0.3 is 5.32 Å². The Kier molecular flexibility index (Phi) is 3.59. The summed E-state index contributed by atoms with van der Waals surface area (Å²) in [7, 11) is 1.94. The molecule has 0 aromatic heterocycles. The van der Waals surface area contributed by atoms with E-state index in [0.29, 0.717) is 0 Å². The molecule has 0 aliphatic rings. The van der Waals surface area contributed by atoms with Gasteiger partial charge in [0, 0.05) is 16.3 Å². The number of allylic oxidation sites excluding steroid dienone is 1. The summed E-state index contributed by atoms with van der Waals surface area (Å²) in [6, 6.07) is 6.35. The lowest BCUT2D eigenvalue weighted by atomic mass is 10.1. The fourth-order valence-electron chi connectivity index (χ4n) is 1.08. The summed E-state index contributed by atoms with van der Waals surface area (Å²) in [6.45, 7) is 2.03. The highest BCUT2D eigenvalue weighted by Gasteiger charge is 1.96. The Morgan fingerprint density at radius 3 is 2.75 bits per heavy atom. The van der Waals surface area contributed by atoms with Crippen molar-refractivity contribution in [2.75, 3.05) is 12.4 Å². The molecule has 0 saturated heterocycles. The van der Waals surface area contributed by atoms with Gasteiger partial charge >= 0.3 is 0 Å². The first-order valence-electron chi connectivity index (χ1n) is 3.88. The molecule has 1 N–H and O–H groups in total. The summed E-state index contributed by atoms with van der Waals surface area (Å²) in [5, 5.41) is 3.15. The lowest BCUT2D eigenvalue weighted by molar-refractivity contribution is 1.48. The maximum absolute atomic E-state index is 3.15. The van der Waals surface area contributed by atoms with Crippen LogP contribution in [0.25, 0.3) is 6.08 Å². The lowest BCUT2D eigenvalue weighted by Crippen LogP contribution is -1.91. The van der Waals surface area contributed by atoms with Gasteiger partial charge in [-0.05, 0) is 53.3 Å². The smallest absolute Gasteiger partial charge is 0.0411 e. The van der Waals surface area contributed by atoms with E-state index >= 15 is 0 Å². The molecule has 0 amide bonds. The van der Waals surface area contributed by atoms with Crippen molar-refractivity contribution >= 4 is 34.4 Å². The van der Waals surface area contributed by atoms with E-state index in [1.807, 2.05) is 20.0 Å². The topological polar surface area (TPSA) is 12.0 Å². The maximum atomic E-state index is 3.15. The third-order valence-corrected chi connectivity index (χ3v) is 2.30. The molecule has 1 aromatic carbocycles. The van der Waals surface area contributed by atoms with Crippen LogP contribution in [0.3, 0.4) is 0 Å². The number of rotatable bonds is 2. The van der Waals surface area contributed by atoms with Crippen LogP contribution < -0.4 is 5.32 Å². The molecule has 0 saturated carbocycles. The Balaban J connectivity index is 3.12. The largest absolute Gasteiger partial charge is 0.388 e. The van der Waals surface area contributed by atoms with E-state index in [4.69, 9.17) is 0 Å². The first kappa shape index (κ1) is 9.58. The van der Waals surface area contributed by atoms with Crippen molar-refractivity contribution in [1.82, 2.24) is 0 Å². The molecule has 0 aliphatic carbocycles. The molecule has 64 valence electrons. The van der Waals surface area contributed by atoms with Crippen molar-refractivity contribution in [1.29, 1.82) is 0 Å². The van der Waals surface area contributed by atoms with Crippen LogP contribution in [-0.2, 0) is 0 Å². The molecule has 0 unspecified atom stereocenters. The molecule has 0 bridgehead atoms. The molecule has 0 aliphatic heterocycles. The van der Waals surface area contributed by atoms with Crippen molar-refractivity contribution in [2.24, 2.45) is 0 Å². The molecule has 1 aromatic rings. The van der Waals surface area contributed by atoms with E-state index in [9.17, 15) is 0 Å². The van der Waals surface area contributed by atoms with E-state index < -0.39 is 0 Å². The van der Waals surface area contributed by atoms with Gasteiger partial charge in [0.2, 0.25) is 0 Å². The van der Waals surface area contributed by atoms with Gasteiger partial charge in [0.25, 0.3) is 0 Å². The summed E-state index contributed by atoms with van der Waals surface area (Å²) in [4.78, 5) is 0. The van der Waals surface area contributed by atoms with Crippen molar-refractivity contribution < 1.29 is 0 Å². The minimum Gasteiger partial charge on any atom is -0.388 e. The first-order valence-corrected chi connectivity index (χ1v) is 4.96. The average Bonchev–Trinajstić information content (AvgIpc) is 2.05. The van der Waals surface area contributed by atoms with Crippen LogP contribution in [0.4, 0.5) is 5.69 Å². The number of anilines is 1. The molecule has 0 atom stereocenters. The zero-order valence-electron chi connectivity index (χ0n) is 7.26. The van der Waals surface area contributed by atoms with Gasteiger partial charge in [-0.2, -0.15) is 0 Å². The van der Waals surface area contributed by atoms with Crippen molar-refractivity contribution in [3.63, 3.8) is 0 Å². The highest BCUT2D eigenvalue weighted by Crippen LogP contribution is 2.19. The van der Waals surface area contributed by atoms with Crippen molar-refractivity contribution in [2.45, 2.75) is 6.92 Å².